The normalized spacial score (nSPS) is 24.1. The lowest BCUT2D eigenvalue weighted by atomic mass is 9.98. The van der Waals surface area contributed by atoms with Crippen LogP contribution in [-0.4, -0.2) is 42.1 Å². The van der Waals surface area contributed by atoms with Crippen LogP contribution in [0.15, 0.2) is 54.6 Å². The molecule has 0 spiro atoms. The van der Waals surface area contributed by atoms with Crippen molar-refractivity contribution in [1.29, 1.82) is 0 Å². The van der Waals surface area contributed by atoms with Crippen molar-refractivity contribution in [3.05, 3.63) is 54.6 Å². The average Bonchev–Trinajstić information content (AvgIpc) is 3.05. The first-order valence-corrected chi connectivity index (χ1v) is 9.95. The largest absolute Gasteiger partial charge is 0.481 e. The molecule has 1 N–H and O–H groups in total. The van der Waals surface area contributed by atoms with E-state index in [9.17, 15) is 4.79 Å². The van der Waals surface area contributed by atoms with Crippen molar-refractivity contribution in [3.8, 4) is 16.9 Å². The Morgan fingerprint density at radius 2 is 1.57 bits per heavy atom. The highest BCUT2D eigenvalue weighted by Gasteiger charge is 2.37. The van der Waals surface area contributed by atoms with Gasteiger partial charge in [0.2, 0.25) is 0 Å². The molecule has 0 aromatic heterocycles. The number of piperidine rings is 1. The summed E-state index contributed by atoms with van der Waals surface area (Å²) in [7, 11) is 1.93. The number of nitrogens with one attached hydrogen (secondary N) is 1. The number of ether oxygens (including phenoxy) is 1. The van der Waals surface area contributed by atoms with Crippen molar-refractivity contribution in [2.24, 2.45) is 0 Å². The molecule has 2 heterocycles. The molecule has 28 heavy (non-hydrogen) atoms. The number of fused-ring (bicyclic) bond motifs is 2. The second kappa shape index (κ2) is 8.97. The minimum absolute atomic E-state index is 0. The number of hydrogen-bond donors (Lipinski definition) is 1. The predicted molar refractivity (Wildman–Crippen MR) is 115 cm³/mol. The summed E-state index contributed by atoms with van der Waals surface area (Å²) in [6.07, 6.45) is 4.10. The van der Waals surface area contributed by atoms with Gasteiger partial charge in [-0.2, -0.15) is 0 Å². The molecular formula is C23H29ClN2O2. The van der Waals surface area contributed by atoms with Gasteiger partial charge in [-0.05, 0) is 55.9 Å². The van der Waals surface area contributed by atoms with Crippen LogP contribution in [0.25, 0.3) is 11.1 Å². The van der Waals surface area contributed by atoms with Crippen LogP contribution in [-0.2, 0) is 4.79 Å². The summed E-state index contributed by atoms with van der Waals surface area (Å²) in [6, 6.07) is 19.7. The first-order chi connectivity index (χ1) is 13.1. The Hall–Kier alpha value is -2.04. The zero-order valence-corrected chi connectivity index (χ0v) is 17.3. The van der Waals surface area contributed by atoms with Crippen molar-refractivity contribution < 1.29 is 9.53 Å². The molecule has 2 aliphatic rings. The van der Waals surface area contributed by atoms with Gasteiger partial charge in [0.25, 0.3) is 5.91 Å². The lowest BCUT2D eigenvalue weighted by Gasteiger charge is -2.36. The first-order valence-electron chi connectivity index (χ1n) is 9.95. The van der Waals surface area contributed by atoms with Gasteiger partial charge in [0.05, 0.1) is 0 Å². The highest BCUT2D eigenvalue weighted by Crippen LogP contribution is 2.30. The molecule has 3 atom stereocenters. The maximum Gasteiger partial charge on any atom is 0.263 e. The first kappa shape index (κ1) is 20.7. The molecule has 0 aliphatic carbocycles. The van der Waals surface area contributed by atoms with Crippen LogP contribution in [0.5, 0.6) is 5.75 Å². The second-order valence-electron chi connectivity index (χ2n) is 7.86. The average molecular weight is 401 g/mol. The van der Waals surface area contributed by atoms with Gasteiger partial charge in [0.15, 0.2) is 6.10 Å². The Labute approximate surface area is 173 Å². The summed E-state index contributed by atoms with van der Waals surface area (Å²) in [5.41, 5.74) is 2.32. The fourth-order valence-corrected chi connectivity index (χ4v) is 4.42. The van der Waals surface area contributed by atoms with Crippen LogP contribution in [0.2, 0.25) is 0 Å². The van der Waals surface area contributed by atoms with E-state index in [1.165, 1.54) is 18.4 Å². The monoisotopic (exact) mass is 400 g/mol. The number of halogens is 1. The number of likely N-dealkylation sites (N-methyl/N-ethyl adjacent to an activating group) is 1. The van der Waals surface area contributed by atoms with Crippen LogP contribution in [0.1, 0.15) is 32.6 Å². The summed E-state index contributed by atoms with van der Waals surface area (Å²) in [4.78, 5) is 14.8. The summed E-state index contributed by atoms with van der Waals surface area (Å²) in [6.45, 7) is 1.85. The molecule has 2 fully saturated rings. The van der Waals surface area contributed by atoms with Crippen LogP contribution in [0.4, 0.5) is 0 Å². The van der Waals surface area contributed by atoms with E-state index < -0.39 is 6.10 Å². The molecular weight excluding hydrogens is 372 g/mol. The Balaban J connectivity index is 0.00000225. The Morgan fingerprint density at radius 1 is 1.00 bits per heavy atom. The summed E-state index contributed by atoms with van der Waals surface area (Å²) >= 11 is 0. The maximum absolute atomic E-state index is 12.8. The second-order valence-corrected chi connectivity index (χ2v) is 7.86. The lowest BCUT2D eigenvalue weighted by molar-refractivity contribution is -0.139. The van der Waals surface area contributed by atoms with Crippen LogP contribution >= 0.6 is 12.4 Å². The molecule has 3 unspecified atom stereocenters. The highest BCUT2D eigenvalue weighted by molar-refractivity contribution is 5.85. The van der Waals surface area contributed by atoms with E-state index >= 15 is 0 Å². The quantitative estimate of drug-likeness (QED) is 0.814. The number of carbonyl (C=O) groups excluding carboxylic acids is 1. The number of carbonyl (C=O) groups is 1. The van der Waals surface area contributed by atoms with Crippen LogP contribution in [0.3, 0.4) is 0 Å². The van der Waals surface area contributed by atoms with Gasteiger partial charge in [-0.15, -0.1) is 12.4 Å². The van der Waals surface area contributed by atoms with Gasteiger partial charge in [-0.3, -0.25) is 4.79 Å². The molecule has 1 amide bonds. The zero-order chi connectivity index (χ0) is 18.8. The van der Waals surface area contributed by atoms with Crippen LogP contribution in [0, 0.1) is 0 Å². The van der Waals surface area contributed by atoms with Crippen molar-refractivity contribution in [3.63, 3.8) is 0 Å². The molecule has 4 rings (SSSR count). The van der Waals surface area contributed by atoms with Crippen LogP contribution < -0.4 is 10.1 Å². The number of nitrogens with zero attached hydrogens (tertiary/aromatic N) is 1. The third-order valence-corrected chi connectivity index (χ3v) is 5.97. The number of rotatable bonds is 5. The van der Waals surface area contributed by atoms with E-state index in [-0.39, 0.29) is 18.3 Å². The molecule has 2 saturated heterocycles. The van der Waals surface area contributed by atoms with Gasteiger partial charge in [0, 0.05) is 25.2 Å². The number of benzene rings is 2. The Bertz CT molecular complexity index is 769. The van der Waals surface area contributed by atoms with E-state index in [1.54, 1.807) is 0 Å². The molecule has 0 radical (unpaired) electrons. The van der Waals surface area contributed by atoms with Gasteiger partial charge in [-0.25, -0.2) is 0 Å². The molecule has 150 valence electrons. The summed E-state index contributed by atoms with van der Waals surface area (Å²) in [5.74, 6) is 0.794. The van der Waals surface area contributed by atoms with Crippen molar-refractivity contribution in [2.75, 3.05) is 7.05 Å². The number of hydrogen-bond acceptors (Lipinski definition) is 3. The molecule has 4 nitrogen and oxygen atoms in total. The minimum Gasteiger partial charge on any atom is -0.481 e. The Kier molecular flexibility index (Phi) is 6.63. The van der Waals surface area contributed by atoms with E-state index in [0.717, 1.165) is 24.2 Å². The number of amides is 1. The third kappa shape index (κ3) is 4.50. The highest BCUT2D eigenvalue weighted by atomic mass is 35.5. The van der Waals surface area contributed by atoms with Gasteiger partial charge in [0.1, 0.15) is 5.75 Å². The molecule has 2 aromatic carbocycles. The predicted octanol–water partition coefficient (Wildman–Crippen LogP) is 4.28. The van der Waals surface area contributed by atoms with Gasteiger partial charge in [-0.1, -0.05) is 42.5 Å². The molecule has 2 aliphatic heterocycles. The molecule has 2 aromatic rings. The smallest absolute Gasteiger partial charge is 0.263 e. The minimum atomic E-state index is -0.481. The standard InChI is InChI=1S/C23H28N2O2.ClH/c1-16(23(26)25(2)21-14-19-10-11-20(15-21)24-19)27-22-12-8-18(9-13-22)17-6-4-3-5-7-17;/h3-9,12-13,16,19-21,24H,10-11,14-15H2,1-2H3;1H. The van der Waals surface area contributed by atoms with E-state index in [1.807, 2.05) is 61.3 Å². The topological polar surface area (TPSA) is 41.6 Å². The fourth-order valence-electron chi connectivity index (χ4n) is 4.42. The van der Waals surface area contributed by atoms with Crippen molar-refractivity contribution in [1.82, 2.24) is 10.2 Å². The maximum atomic E-state index is 12.8. The van der Waals surface area contributed by atoms with E-state index in [2.05, 4.69) is 17.4 Å². The van der Waals surface area contributed by atoms with Crippen molar-refractivity contribution in [2.45, 2.75) is 56.8 Å². The van der Waals surface area contributed by atoms with Crippen molar-refractivity contribution >= 4 is 18.3 Å². The van der Waals surface area contributed by atoms with Gasteiger partial charge < -0.3 is 15.0 Å². The summed E-state index contributed by atoms with van der Waals surface area (Å²) < 4.78 is 5.94. The zero-order valence-electron chi connectivity index (χ0n) is 16.5. The van der Waals surface area contributed by atoms with E-state index in [0.29, 0.717) is 18.1 Å². The SMILES string of the molecule is CC(Oc1ccc(-c2ccccc2)cc1)C(=O)N(C)C1CC2CCC(C1)N2.Cl. The van der Waals surface area contributed by atoms with Gasteiger partial charge >= 0.3 is 0 Å². The molecule has 2 bridgehead atoms. The molecule has 5 heteroatoms. The third-order valence-electron chi connectivity index (χ3n) is 5.97. The molecule has 0 saturated carbocycles. The fraction of sp³-hybridized carbons (Fsp3) is 0.435. The lowest BCUT2D eigenvalue weighted by Crippen LogP contribution is -2.51. The Morgan fingerprint density at radius 3 is 2.18 bits per heavy atom. The van der Waals surface area contributed by atoms with E-state index in [4.69, 9.17) is 4.74 Å². The summed E-state index contributed by atoms with van der Waals surface area (Å²) in [5, 5.41) is 3.63.